The Hall–Kier alpha value is -1.99. The third kappa shape index (κ3) is 3.37. The quantitative estimate of drug-likeness (QED) is 0.881. The summed E-state index contributed by atoms with van der Waals surface area (Å²) >= 11 is 3.43. The maximum absolute atomic E-state index is 9.01. The second-order valence-corrected chi connectivity index (χ2v) is 6.12. The summed E-state index contributed by atoms with van der Waals surface area (Å²) in [6, 6.07) is 16.3. The van der Waals surface area contributed by atoms with Crippen molar-refractivity contribution in [2.75, 3.05) is 23.3 Å². The third-order valence-corrected chi connectivity index (χ3v) is 4.11. The summed E-state index contributed by atoms with van der Waals surface area (Å²) in [4.78, 5) is 2.41. The molecule has 0 radical (unpaired) electrons. The van der Waals surface area contributed by atoms with Gasteiger partial charge in [0.05, 0.1) is 11.6 Å². The number of benzene rings is 2. The minimum absolute atomic E-state index is 0.639. The van der Waals surface area contributed by atoms with Gasteiger partial charge in [0.25, 0.3) is 0 Å². The van der Waals surface area contributed by atoms with E-state index in [4.69, 9.17) is 5.26 Å². The molecule has 1 fully saturated rings. The van der Waals surface area contributed by atoms with Crippen molar-refractivity contribution in [3.63, 3.8) is 0 Å². The van der Waals surface area contributed by atoms with Gasteiger partial charge in [0.15, 0.2) is 0 Å². The van der Waals surface area contributed by atoms with E-state index < -0.39 is 0 Å². The molecular weight excluding hydrogens is 326 g/mol. The molecule has 3 nitrogen and oxygen atoms in total. The summed E-state index contributed by atoms with van der Waals surface area (Å²) in [7, 11) is 0. The van der Waals surface area contributed by atoms with Crippen molar-refractivity contribution in [1.29, 1.82) is 5.26 Å². The van der Waals surface area contributed by atoms with Crippen LogP contribution in [0.1, 0.15) is 18.4 Å². The van der Waals surface area contributed by atoms with E-state index in [1.165, 1.54) is 18.5 Å². The van der Waals surface area contributed by atoms with Gasteiger partial charge in [-0.3, -0.25) is 0 Å². The van der Waals surface area contributed by atoms with Crippen molar-refractivity contribution in [2.45, 2.75) is 12.8 Å². The van der Waals surface area contributed by atoms with Crippen LogP contribution in [0.25, 0.3) is 0 Å². The first-order valence-electron chi connectivity index (χ1n) is 7.07. The zero-order valence-electron chi connectivity index (χ0n) is 11.6. The van der Waals surface area contributed by atoms with Crippen molar-refractivity contribution in [2.24, 2.45) is 0 Å². The van der Waals surface area contributed by atoms with Gasteiger partial charge < -0.3 is 10.2 Å². The zero-order valence-corrected chi connectivity index (χ0v) is 13.2. The lowest BCUT2D eigenvalue weighted by Gasteiger charge is -2.18. The first-order chi connectivity index (χ1) is 10.2. The molecule has 3 rings (SSSR count). The number of anilines is 3. The zero-order chi connectivity index (χ0) is 14.7. The van der Waals surface area contributed by atoms with Gasteiger partial charge in [-0.05, 0) is 55.3 Å². The Kier molecular flexibility index (Phi) is 4.12. The van der Waals surface area contributed by atoms with Crippen molar-refractivity contribution in [1.82, 2.24) is 0 Å². The fourth-order valence-electron chi connectivity index (χ4n) is 2.62. The second-order valence-electron chi connectivity index (χ2n) is 5.21. The Morgan fingerprint density at radius 2 is 1.71 bits per heavy atom. The van der Waals surface area contributed by atoms with E-state index in [1.807, 2.05) is 18.2 Å². The van der Waals surface area contributed by atoms with Crippen LogP contribution in [-0.2, 0) is 0 Å². The van der Waals surface area contributed by atoms with E-state index in [1.54, 1.807) is 0 Å². The van der Waals surface area contributed by atoms with E-state index in [9.17, 15) is 0 Å². The summed E-state index contributed by atoms with van der Waals surface area (Å²) in [6.45, 7) is 2.31. The highest BCUT2D eigenvalue weighted by atomic mass is 79.9. The number of nitriles is 1. The van der Waals surface area contributed by atoms with Gasteiger partial charge >= 0.3 is 0 Å². The number of hydrogen-bond donors (Lipinski definition) is 1. The Morgan fingerprint density at radius 1 is 1.00 bits per heavy atom. The highest BCUT2D eigenvalue weighted by molar-refractivity contribution is 9.10. The van der Waals surface area contributed by atoms with Gasteiger partial charge in [0.1, 0.15) is 0 Å². The van der Waals surface area contributed by atoms with Crippen LogP contribution in [-0.4, -0.2) is 13.1 Å². The van der Waals surface area contributed by atoms with Crippen LogP contribution in [0.15, 0.2) is 46.9 Å². The van der Waals surface area contributed by atoms with Gasteiger partial charge in [-0.2, -0.15) is 5.26 Å². The lowest BCUT2D eigenvalue weighted by atomic mass is 10.2. The van der Waals surface area contributed by atoms with Gasteiger partial charge in [-0.15, -0.1) is 0 Å². The van der Waals surface area contributed by atoms with Crippen molar-refractivity contribution >= 4 is 33.0 Å². The number of hydrogen-bond acceptors (Lipinski definition) is 3. The summed E-state index contributed by atoms with van der Waals surface area (Å²) in [6.07, 6.45) is 2.57. The molecule has 2 aromatic carbocycles. The Bertz CT molecular complexity index is 667. The summed E-state index contributed by atoms with van der Waals surface area (Å²) in [5, 5.41) is 12.3. The Morgan fingerprint density at radius 3 is 2.38 bits per heavy atom. The van der Waals surface area contributed by atoms with E-state index in [0.29, 0.717) is 5.56 Å². The molecule has 2 aromatic rings. The minimum atomic E-state index is 0.639. The first kappa shape index (κ1) is 14.0. The molecule has 1 N–H and O–H groups in total. The molecule has 0 aromatic heterocycles. The van der Waals surface area contributed by atoms with Crippen LogP contribution >= 0.6 is 15.9 Å². The maximum atomic E-state index is 9.01. The van der Waals surface area contributed by atoms with Crippen LogP contribution in [0, 0.1) is 11.3 Å². The number of rotatable bonds is 3. The number of nitrogens with one attached hydrogen (secondary N) is 1. The molecule has 0 atom stereocenters. The average Bonchev–Trinajstić information content (AvgIpc) is 3.01. The number of nitrogens with zero attached hydrogens (tertiary/aromatic N) is 2. The van der Waals surface area contributed by atoms with Crippen molar-refractivity contribution < 1.29 is 0 Å². The van der Waals surface area contributed by atoms with E-state index in [2.05, 4.69) is 56.5 Å². The third-order valence-electron chi connectivity index (χ3n) is 3.65. The summed E-state index contributed by atoms with van der Waals surface area (Å²) in [5.74, 6) is 0. The van der Waals surface area contributed by atoms with Crippen molar-refractivity contribution in [3.8, 4) is 6.07 Å². The highest BCUT2D eigenvalue weighted by Crippen LogP contribution is 2.26. The van der Waals surface area contributed by atoms with Gasteiger partial charge in [-0.1, -0.05) is 15.9 Å². The Balaban J connectivity index is 1.76. The Labute approximate surface area is 133 Å². The second kappa shape index (κ2) is 6.19. The molecule has 4 heteroatoms. The average molecular weight is 342 g/mol. The largest absolute Gasteiger partial charge is 0.372 e. The SMILES string of the molecule is N#Cc1cc(Br)cc(Nc2ccc(N3CCCC3)cc2)c1. The molecule has 0 unspecified atom stereocenters. The molecule has 106 valence electrons. The fourth-order valence-corrected chi connectivity index (χ4v) is 3.12. The lowest BCUT2D eigenvalue weighted by Crippen LogP contribution is -2.17. The lowest BCUT2D eigenvalue weighted by molar-refractivity contribution is 0.949. The van der Waals surface area contributed by atoms with E-state index >= 15 is 0 Å². The predicted molar refractivity (Wildman–Crippen MR) is 90.0 cm³/mol. The first-order valence-corrected chi connectivity index (χ1v) is 7.87. The fraction of sp³-hybridized carbons (Fsp3) is 0.235. The predicted octanol–water partition coefficient (Wildman–Crippen LogP) is 4.66. The van der Waals surface area contributed by atoms with Crippen LogP contribution in [0.5, 0.6) is 0 Å². The molecule has 1 saturated heterocycles. The van der Waals surface area contributed by atoms with Gasteiger partial charge in [0.2, 0.25) is 0 Å². The summed E-state index contributed by atoms with van der Waals surface area (Å²) < 4.78 is 0.901. The molecule has 0 amide bonds. The number of halogens is 1. The molecule has 1 aliphatic rings. The molecule has 1 heterocycles. The highest BCUT2D eigenvalue weighted by Gasteiger charge is 2.11. The molecule has 0 aliphatic carbocycles. The minimum Gasteiger partial charge on any atom is -0.372 e. The maximum Gasteiger partial charge on any atom is 0.0992 e. The van der Waals surface area contributed by atoms with Crippen LogP contribution in [0.3, 0.4) is 0 Å². The van der Waals surface area contributed by atoms with Gasteiger partial charge in [0, 0.05) is 34.6 Å². The molecule has 1 aliphatic heterocycles. The summed E-state index contributed by atoms with van der Waals surface area (Å²) in [5.41, 5.74) is 3.86. The van der Waals surface area contributed by atoms with Gasteiger partial charge in [-0.25, -0.2) is 0 Å². The van der Waals surface area contributed by atoms with Crippen LogP contribution in [0.4, 0.5) is 17.1 Å². The van der Waals surface area contributed by atoms with E-state index in [0.717, 1.165) is 28.9 Å². The van der Waals surface area contributed by atoms with Crippen LogP contribution < -0.4 is 10.2 Å². The smallest absolute Gasteiger partial charge is 0.0992 e. The standard InChI is InChI=1S/C17H16BrN3/c18-14-9-13(12-19)10-16(11-14)20-15-3-5-17(6-4-15)21-7-1-2-8-21/h3-6,9-11,20H,1-2,7-8H2. The topological polar surface area (TPSA) is 39.1 Å². The molecule has 0 spiro atoms. The van der Waals surface area contributed by atoms with Crippen molar-refractivity contribution in [3.05, 3.63) is 52.5 Å². The van der Waals surface area contributed by atoms with E-state index in [-0.39, 0.29) is 0 Å². The normalized spacial score (nSPS) is 14.0. The monoisotopic (exact) mass is 341 g/mol. The van der Waals surface area contributed by atoms with Crippen LogP contribution in [0.2, 0.25) is 0 Å². The molecule has 0 saturated carbocycles. The molecular formula is C17H16BrN3. The molecule has 21 heavy (non-hydrogen) atoms. The molecule has 0 bridgehead atoms.